The van der Waals surface area contributed by atoms with Crippen LogP contribution in [0.5, 0.6) is 28.7 Å². The molecule has 55 heavy (non-hydrogen) atoms. The Morgan fingerprint density at radius 1 is 0.673 bits per heavy atom. The monoisotopic (exact) mass is 786 g/mol. The van der Waals surface area contributed by atoms with Crippen molar-refractivity contribution in [2.24, 2.45) is 0 Å². The van der Waals surface area contributed by atoms with Gasteiger partial charge in [-0.2, -0.15) is 0 Å². The van der Waals surface area contributed by atoms with E-state index in [0.29, 0.717) is 0 Å². The molecule has 3 aliphatic heterocycles. The highest BCUT2D eigenvalue weighted by Crippen LogP contribution is 2.41. The maximum Gasteiger partial charge on any atom is 0.239 e. The molecule has 3 aliphatic rings. The van der Waals surface area contributed by atoms with Crippen LogP contribution in [0.15, 0.2) is 39.5 Å². The highest BCUT2D eigenvalue weighted by molar-refractivity contribution is 5.88. The summed E-state index contributed by atoms with van der Waals surface area (Å²) in [6, 6.07) is 5.71. The molecule has 15 unspecified atom stereocenters. The number of aliphatic hydroxyl groups is 10. The zero-order valence-corrected chi connectivity index (χ0v) is 29.0. The Kier molecular flexibility index (Phi) is 12.1. The summed E-state index contributed by atoms with van der Waals surface area (Å²) < 4.78 is 44.9. The van der Waals surface area contributed by atoms with Gasteiger partial charge in [0.05, 0.1) is 26.4 Å². The predicted octanol–water partition coefficient (Wildman–Crippen LogP) is -3.91. The summed E-state index contributed by atoms with van der Waals surface area (Å²) >= 11 is 0. The van der Waals surface area contributed by atoms with Gasteiger partial charge in [0.25, 0.3) is 0 Å². The summed E-state index contributed by atoms with van der Waals surface area (Å²) in [7, 11) is 1.23. The van der Waals surface area contributed by atoms with Gasteiger partial charge in [0.15, 0.2) is 23.5 Å². The first-order chi connectivity index (χ1) is 26.1. The van der Waals surface area contributed by atoms with Gasteiger partial charge < -0.3 is 98.9 Å². The smallest absolute Gasteiger partial charge is 0.239 e. The van der Waals surface area contributed by atoms with Gasteiger partial charge in [0.1, 0.15) is 89.6 Å². The maximum absolute atomic E-state index is 14.0. The van der Waals surface area contributed by atoms with E-state index >= 15 is 0 Å². The first kappa shape index (κ1) is 40.7. The number of phenolic OH excluding ortho intramolecular Hbond substituents is 2. The molecule has 0 amide bonds. The normalized spacial score (nSPS) is 36.8. The molecule has 0 radical (unpaired) electrons. The number of ether oxygens (including phenoxy) is 7. The molecule has 6 rings (SSSR count). The number of hydrogen-bond donors (Lipinski definition) is 12. The lowest BCUT2D eigenvalue weighted by Crippen LogP contribution is -2.61. The molecule has 2 aromatic carbocycles. The molecule has 12 N–H and O–H groups in total. The summed E-state index contributed by atoms with van der Waals surface area (Å²) in [5.74, 6) is -2.53. The van der Waals surface area contributed by atoms with Gasteiger partial charge in [-0.25, -0.2) is 0 Å². The SMILES string of the molecule is COc1cc(-c2oc3cc(O)cc(O)c3c(=O)c2OC2OC(COC3OC(C)C(O)C(O)C3O)C(O)C(O)C2O)ccc1OC1OC(CO)C(O)C(O)C1O. The summed E-state index contributed by atoms with van der Waals surface area (Å²) in [6.45, 7) is 0.0497. The molecular formula is C34H42O21. The molecule has 3 saturated heterocycles. The number of aliphatic hydroxyl groups excluding tert-OH is 10. The Morgan fingerprint density at radius 3 is 1.93 bits per heavy atom. The van der Waals surface area contributed by atoms with E-state index in [1.165, 1.54) is 32.2 Å². The minimum absolute atomic E-state index is 0.00102. The molecule has 0 spiro atoms. The van der Waals surface area contributed by atoms with Crippen LogP contribution in [-0.4, -0.2) is 174 Å². The fourth-order valence-electron chi connectivity index (χ4n) is 6.37. The predicted molar refractivity (Wildman–Crippen MR) is 178 cm³/mol. The van der Waals surface area contributed by atoms with Gasteiger partial charge in [0.2, 0.25) is 23.8 Å². The lowest BCUT2D eigenvalue weighted by molar-refractivity contribution is -0.318. The number of hydrogen-bond acceptors (Lipinski definition) is 21. The Bertz CT molecular complexity index is 1870. The van der Waals surface area contributed by atoms with E-state index in [0.717, 1.165) is 12.1 Å². The quantitative estimate of drug-likeness (QED) is 0.0934. The Labute approximate surface area is 309 Å². The lowest BCUT2D eigenvalue weighted by atomic mass is 9.98. The number of rotatable bonds is 10. The van der Waals surface area contributed by atoms with E-state index in [1.54, 1.807) is 0 Å². The molecule has 304 valence electrons. The first-order valence-corrected chi connectivity index (χ1v) is 16.9. The first-order valence-electron chi connectivity index (χ1n) is 16.9. The van der Waals surface area contributed by atoms with Crippen LogP contribution in [0, 0.1) is 0 Å². The second-order valence-corrected chi connectivity index (χ2v) is 13.3. The summed E-state index contributed by atoms with van der Waals surface area (Å²) in [5.41, 5.74) is -1.39. The van der Waals surface area contributed by atoms with Crippen molar-refractivity contribution < 1.29 is 98.9 Å². The highest BCUT2D eigenvalue weighted by atomic mass is 16.7. The van der Waals surface area contributed by atoms with E-state index in [2.05, 4.69) is 0 Å². The molecule has 3 fully saturated rings. The summed E-state index contributed by atoms with van der Waals surface area (Å²) in [4.78, 5) is 14.0. The Hall–Kier alpha value is -3.91. The van der Waals surface area contributed by atoms with Crippen molar-refractivity contribution >= 4 is 11.0 Å². The molecule has 15 atom stereocenters. The van der Waals surface area contributed by atoms with Crippen molar-refractivity contribution in [3.05, 3.63) is 40.6 Å². The summed E-state index contributed by atoms with van der Waals surface area (Å²) in [6.07, 6.45) is -24.7. The standard InChI is InChI=1S/C34H42O21/c1-10-20(38)24(42)27(45)32(50-10)49-9-18-22(40)26(44)29(47)34(54-18)55-31-23(41)19-13(37)6-12(36)7-16(19)51-30(31)11-3-4-14(15(5-11)48-2)52-33-28(46)25(43)21(39)17(8-35)53-33/h3-7,10,17-18,20-22,24-29,32-40,42-47H,8-9H2,1-2H3. The number of phenols is 2. The molecular weight excluding hydrogens is 744 g/mol. The Morgan fingerprint density at radius 2 is 1.27 bits per heavy atom. The van der Waals surface area contributed by atoms with E-state index in [-0.39, 0.29) is 22.6 Å². The molecule has 1 aromatic heterocycles. The lowest BCUT2D eigenvalue weighted by Gasteiger charge is -2.42. The second-order valence-electron chi connectivity index (χ2n) is 13.3. The third-order valence-corrected chi connectivity index (χ3v) is 9.57. The van der Waals surface area contributed by atoms with Gasteiger partial charge in [-0.05, 0) is 25.1 Å². The second kappa shape index (κ2) is 16.3. The molecule has 0 bridgehead atoms. The van der Waals surface area contributed by atoms with Crippen molar-refractivity contribution in [2.45, 2.75) is 99.0 Å². The third-order valence-electron chi connectivity index (χ3n) is 9.57. The van der Waals surface area contributed by atoms with Crippen molar-refractivity contribution in [3.63, 3.8) is 0 Å². The van der Waals surface area contributed by atoms with Crippen molar-refractivity contribution in [2.75, 3.05) is 20.3 Å². The fourth-order valence-corrected chi connectivity index (χ4v) is 6.37. The Balaban J connectivity index is 1.33. The number of fused-ring (bicyclic) bond motifs is 1. The summed E-state index contributed by atoms with van der Waals surface area (Å²) in [5, 5.41) is 123. The maximum atomic E-state index is 14.0. The van der Waals surface area contributed by atoms with Crippen LogP contribution in [0.2, 0.25) is 0 Å². The van der Waals surface area contributed by atoms with Crippen LogP contribution in [0.1, 0.15) is 6.92 Å². The van der Waals surface area contributed by atoms with Gasteiger partial charge in [-0.1, -0.05) is 0 Å². The minimum atomic E-state index is -2.03. The van der Waals surface area contributed by atoms with E-state index < -0.39 is 139 Å². The third kappa shape index (κ3) is 7.77. The van der Waals surface area contributed by atoms with Gasteiger partial charge >= 0.3 is 0 Å². The van der Waals surface area contributed by atoms with Crippen LogP contribution >= 0.6 is 0 Å². The minimum Gasteiger partial charge on any atom is -0.508 e. The molecule has 21 heteroatoms. The van der Waals surface area contributed by atoms with Crippen LogP contribution in [-0.2, 0) is 18.9 Å². The fraction of sp³-hybridized carbons (Fsp3) is 0.559. The zero-order chi connectivity index (χ0) is 40.0. The van der Waals surface area contributed by atoms with Crippen LogP contribution < -0.4 is 19.6 Å². The number of benzene rings is 2. The average molecular weight is 787 g/mol. The number of aromatic hydroxyl groups is 2. The van der Waals surface area contributed by atoms with Crippen molar-refractivity contribution in [3.8, 4) is 40.1 Å². The van der Waals surface area contributed by atoms with Crippen LogP contribution in [0.3, 0.4) is 0 Å². The molecule has 0 aliphatic carbocycles. The topological polar surface area (TPSA) is 338 Å². The number of methoxy groups -OCH3 is 1. The largest absolute Gasteiger partial charge is 0.508 e. The van der Waals surface area contributed by atoms with E-state index in [1.807, 2.05) is 0 Å². The molecule has 4 heterocycles. The molecule has 21 nitrogen and oxygen atoms in total. The highest BCUT2D eigenvalue weighted by Gasteiger charge is 2.48. The molecule has 0 saturated carbocycles. The van der Waals surface area contributed by atoms with Crippen molar-refractivity contribution in [1.82, 2.24) is 0 Å². The van der Waals surface area contributed by atoms with Gasteiger partial charge in [-0.15, -0.1) is 0 Å². The molecule has 3 aromatic rings. The van der Waals surface area contributed by atoms with Crippen LogP contribution in [0.25, 0.3) is 22.3 Å². The van der Waals surface area contributed by atoms with Gasteiger partial charge in [-0.3, -0.25) is 4.79 Å². The van der Waals surface area contributed by atoms with Gasteiger partial charge in [0, 0.05) is 17.7 Å². The van der Waals surface area contributed by atoms with Crippen molar-refractivity contribution in [1.29, 1.82) is 0 Å². The zero-order valence-electron chi connectivity index (χ0n) is 29.0. The van der Waals surface area contributed by atoms with Crippen LogP contribution in [0.4, 0.5) is 0 Å². The average Bonchev–Trinajstić information content (AvgIpc) is 3.16. The van der Waals surface area contributed by atoms with E-state index in [4.69, 9.17) is 37.6 Å². The van der Waals surface area contributed by atoms with E-state index in [9.17, 15) is 66.1 Å².